The van der Waals surface area contributed by atoms with Gasteiger partial charge in [0.1, 0.15) is 17.5 Å². The van der Waals surface area contributed by atoms with Crippen molar-refractivity contribution < 1.29 is 14.3 Å². The second-order valence-electron chi connectivity index (χ2n) is 6.81. The van der Waals surface area contributed by atoms with Crippen molar-refractivity contribution in [3.8, 4) is 17.3 Å². The van der Waals surface area contributed by atoms with E-state index < -0.39 is 0 Å². The van der Waals surface area contributed by atoms with Crippen molar-refractivity contribution in [3.63, 3.8) is 0 Å². The number of anilines is 3. The number of amides is 1. The minimum Gasteiger partial charge on any atom is -0.489 e. The van der Waals surface area contributed by atoms with Gasteiger partial charge in [0.15, 0.2) is 11.6 Å². The van der Waals surface area contributed by atoms with Gasteiger partial charge in [-0.2, -0.15) is 9.36 Å². The van der Waals surface area contributed by atoms with Gasteiger partial charge in [-0.25, -0.2) is 9.97 Å². The Morgan fingerprint density at radius 1 is 1.27 bits per heavy atom. The van der Waals surface area contributed by atoms with Crippen LogP contribution in [0, 0.1) is 0 Å². The largest absolute Gasteiger partial charge is 0.489 e. The molecule has 1 amide bonds. The molecule has 4 rings (SSSR count). The van der Waals surface area contributed by atoms with E-state index in [1.165, 1.54) is 23.4 Å². The van der Waals surface area contributed by atoms with E-state index >= 15 is 0 Å². The van der Waals surface area contributed by atoms with E-state index in [9.17, 15) is 4.79 Å². The van der Waals surface area contributed by atoms with Crippen molar-refractivity contribution in [2.75, 3.05) is 30.5 Å². The molecule has 0 unspecified atom stereocenters. The van der Waals surface area contributed by atoms with E-state index in [0.717, 1.165) is 31.8 Å². The zero-order valence-corrected chi connectivity index (χ0v) is 17.6. The monoisotopic (exact) mass is 426 g/mol. The second-order valence-corrected chi connectivity index (χ2v) is 7.56. The Balaban J connectivity index is 1.45. The predicted molar refractivity (Wildman–Crippen MR) is 114 cm³/mol. The summed E-state index contributed by atoms with van der Waals surface area (Å²) in [5.74, 6) is 1.68. The molecule has 30 heavy (non-hydrogen) atoms. The molecule has 0 atom stereocenters. The molecule has 10 heteroatoms. The highest BCUT2D eigenvalue weighted by atomic mass is 32.1. The Hall–Kier alpha value is -3.11. The van der Waals surface area contributed by atoms with Crippen molar-refractivity contribution in [2.45, 2.75) is 25.9 Å². The lowest BCUT2D eigenvalue weighted by Gasteiger charge is -2.23. The minimum atomic E-state index is -0.0868. The fraction of sp³-hybridized carbons (Fsp3) is 0.350. The lowest BCUT2D eigenvalue weighted by atomic mass is 10.1. The summed E-state index contributed by atoms with van der Waals surface area (Å²) >= 11 is 1.20. The fourth-order valence-corrected chi connectivity index (χ4v) is 3.56. The lowest BCUT2D eigenvalue weighted by molar-refractivity contribution is -0.116. The van der Waals surface area contributed by atoms with E-state index in [1.54, 1.807) is 25.5 Å². The highest BCUT2D eigenvalue weighted by Crippen LogP contribution is 2.28. The molecule has 0 spiro atoms. The maximum absolute atomic E-state index is 11.7. The van der Waals surface area contributed by atoms with Crippen molar-refractivity contribution >= 4 is 34.1 Å². The van der Waals surface area contributed by atoms with Crippen LogP contribution in [0.25, 0.3) is 11.5 Å². The maximum atomic E-state index is 11.7. The summed E-state index contributed by atoms with van der Waals surface area (Å²) < 4.78 is 15.7. The molecular weight excluding hydrogens is 404 g/mol. The number of hydrogen-bond acceptors (Lipinski definition) is 9. The molecule has 0 aliphatic carbocycles. The molecule has 0 radical (unpaired) electrons. The molecule has 1 saturated heterocycles. The molecule has 3 aromatic heterocycles. The molecule has 1 N–H and O–H groups in total. The molecule has 1 fully saturated rings. The molecular formula is C20H22N6O3S. The number of nitrogens with zero attached hydrogens (tertiary/aromatic N) is 5. The molecule has 1 aliphatic heterocycles. The third-order valence-electron chi connectivity index (χ3n) is 4.71. The summed E-state index contributed by atoms with van der Waals surface area (Å²) in [4.78, 5) is 26.5. The Morgan fingerprint density at radius 2 is 2.10 bits per heavy atom. The Kier molecular flexibility index (Phi) is 6.15. The van der Waals surface area contributed by atoms with Crippen LogP contribution < -0.4 is 15.0 Å². The van der Waals surface area contributed by atoms with E-state index in [4.69, 9.17) is 9.47 Å². The third-order valence-corrected chi connectivity index (χ3v) is 5.34. The maximum Gasteiger partial charge on any atom is 0.223 e. The SMILES string of the molecule is CC(=O)N(C)c1cccnc1Nc1nc(-c2ccc(OC3CCOCC3)cn2)ns1. The van der Waals surface area contributed by atoms with Crippen LogP contribution in [0.2, 0.25) is 0 Å². The smallest absolute Gasteiger partial charge is 0.223 e. The first-order valence-electron chi connectivity index (χ1n) is 9.61. The van der Waals surface area contributed by atoms with Gasteiger partial charge in [0, 0.05) is 44.5 Å². The average Bonchev–Trinajstić information content (AvgIpc) is 3.23. The average molecular weight is 427 g/mol. The van der Waals surface area contributed by atoms with Crippen LogP contribution in [0.3, 0.4) is 0 Å². The number of rotatable bonds is 6. The van der Waals surface area contributed by atoms with Gasteiger partial charge in [-0.3, -0.25) is 4.79 Å². The quantitative estimate of drug-likeness (QED) is 0.641. The van der Waals surface area contributed by atoms with Gasteiger partial charge in [0.2, 0.25) is 11.0 Å². The minimum absolute atomic E-state index is 0.0868. The summed E-state index contributed by atoms with van der Waals surface area (Å²) in [6, 6.07) is 7.32. The number of carbonyl (C=O) groups is 1. The number of ether oxygens (including phenoxy) is 2. The van der Waals surface area contributed by atoms with Gasteiger partial charge in [0.25, 0.3) is 0 Å². The van der Waals surface area contributed by atoms with Gasteiger partial charge in [-0.15, -0.1) is 0 Å². The highest BCUT2D eigenvalue weighted by Gasteiger charge is 2.17. The van der Waals surface area contributed by atoms with Crippen molar-refractivity contribution in [1.82, 2.24) is 19.3 Å². The number of carbonyl (C=O) groups excluding carboxylic acids is 1. The zero-order chi connectivity index (χ0) is 20.9. The predicted octanol–water partition coefficient (Wildman–Crippen LogP) is 3.28. The molecule has 0 saturated carbocycles. The molecule has 0 bridgehead atoms. The van der Waals surface area contributed by atoms with E-state index in [0.29, 0.717) is 28.2 Å². The van der Waals surface area contributed by atoms with Crippen LogP contribution in [0.15, 0.2) is 36.7 Å². The molecule has 0 aromatic carbocycles. The van der Waals surface area contributed by atoms with Gasteiger partial charge in [-0.05, 0) is 24.3 Å². The number of hydrogen-bond donors (Lipinski definition) is 1. The van der Waals surface area contributed by atoms with Crippen molar-refractivity contribution in [1.29, 1.82) is 0 Å². The summed E-state index contributed by atoms with van der Waals surface area (Å²) in [5, 5.41) is 3.70. The molecule has 4 heterocycles. The van der Waals surface area contributed by atoms with E-state index in [-0.39, 0.29) is 12.0 Å². The topological polar surface area (TPSA) is 102 Å². The Morgan fingerprint density at radius 3 is 2.83 bits per heavy atom. The Bertz CT molecular complexity index is 1000. The van der Waals surface area contributed by atoms with Crippen LogP contribution in [-0.4, -0.2) is 51.6 Å². The van der Waals surface area contributed by atoms with Crippen molar-refractivity contribution in [3.05, 3.63) is 36.7 Å². The molecule has 1 aliphatic rings. The number of nitrogens with one attached hydrogen (secondary N) is 1. The van der Waals surface area contributed by atoms with Crippen LogP contribution in [0.4, 0.5) is 16.6 Å². The van der Waals surface area contributed by atoms with E-state index in [2.05, 4.69) is 24.6 Å². The third kappa shape index (κ3) is 4.71. The molecule has 9 nitrogen and oxygen atoms in total. The first kappa shape index (κ1) is 20.2. The van der Waals surface area contributed by atoms with Gasteiger partial charge >= 0.3 is 0 Å². The molecule has 156 valence electrons. The van der Waals surface area contributed by atoms with E-state index in [1.807, 2.05) is 18.2 Å². The standard InChI is InChI=1S/C20H22N6O3S/c1-13(27)26(2)17-4-3-9-21-19(17)24-20-23-18(25-30-20)16-6-5-15(12-22-16)29-14-7-10-28-11-8-14/h3-6,9,12,14H,7-8,10-11H2,1-2H3,(H,21,23,24,25). The zero-order valence-electron chi connectivity index (χ0n) is 16.7. The lowest BCUT2D eigenvalue weighted by Crippen LogP contribution is -2.25. The van der Waals surface area contributed by atoms with Crippen LogP contribution >= 0.6 is 11.5 Å². The van der Waals surface area contributed by atoms with Gasteiger partial charge in [-0.1, -0.05) is 0 Å². The normalized spacial score (nSPS) is 14.3. The second kappa shape index (κ2) is 9.14. The molecule has 3 aromatic rings. The van der Waals surface area contributed by atoms with Crippen molar-refractivity contribution in [2.24, 2.45) is 0 Å². The fourth-order valence-electron chi connectivity index (χ4n) is 2.98. The number of pyridine rings is 2. The first-order chi connectivity index (χ1) is 14.6. The number of aromatic nitrogens is 4. The van der Waals surface area contributed by atoms with Crippen LogP contribution in [-0.2, 0) is 9.53 Å². The van der Waals surface area contributed by atoms with Gasteiger partial charge in [0.05, 0.1) is 25.1 Å². The van der Waals surface area contributed by atoms with Gasteiger partial charge < -0.3 is 19.7 Å². The summed E-state index contributed by atoms with van der Waals surface area (Å²) in [5.41, 5.74) is 1.32. The van der Waals surface area contributed by atoms with Crippen LogP contribution in [0.5, 0.6) is 5.75 Å². The summed E-state index contributed by atoms with van der Waals surface area (Å²) in [7, 11) is 1.70. The first-order valence-corrected chi connectivity index (χ1v) is 10.4. The summed E-state index contributed by atoms with van der Waals surface area (Å²) in [6.07, 6.45) is 5.29. The Labute approximate surface area is 178 Å². The highest BCUT2D eigenvalue weighted by molar-refractivity contribution is 7.09. The van der Waals surface area contributed by atoms with Crippen LogP contribution in [0.1, 0.15) is 19.8 Å². The summed E-state index contributed by atoms with van der Waals surface area (Å²) in [6.45, 7) is 2.96.